The zero-order chi connectivity index (χ0) is 13.2. The van der Waals surface area contributed by atoms with Gasteiger partial charge in [0.2, 0.25) is 0 Å². The SMILES string of the molecule is Cc1cnccc1C(N)c1cccc2ccccc12. The van der Waals surface area contributed by atoms with Crippen LogP contribution in [0, 0.1) is 6.92 Å². The highest BCUT2D eigenvalue weighted by molar-refractivity contribution is 5.86. The van der Waals surface area contributed by atoms with E-state index in [9.17, 15) is 0 Å². The minimum absolute atomic E-state index is 0.117. The number of hydrogen-bond acceptors (Lipinski definition) is 2. The zero-order valence-electron chi connectivity index (χ0n) is 10.9. The third-order valence-corrected chi connectivity index (χ3v) is 3.56. The molecule has 1 unspecified atom stereocenters. The second-order valence-electron chi connectivity index (χ2n) is 4.78. The molecule has 3 rings (SSSR count). The number of aromatic nitrogens is 1. The maximum absolute atomic E-state index is 6.46. The lowest BCUT2D eigenvalue weighted by molar-refractivity contribution is 0.865. The fourth-order valence-electron chi connectivity index (χ4n) is 2.52. The van der Waals surface area contributed by atoms with Crippen LogP contribution in [0.3, 0.4) is 0 Å². The molecule has 19 heavy (non-hydrogen) atoms. The fraction of sp³-hybridized carbons (Fsp3) is 0.118. The molecular formula is C17H16N2. The van der Waals surface area contributed by atoms with Crippen molar-refractivity contribution in [1.82, 2.24) is 4.98 Å². The number of nitrogens with two attached hydrogens (primary N) is 1. The molecular weight excluding hydrogens is 232 g/mol. The molecule has 0 fully saturated rings. The van der Waals surface area contributed by atoms with Crippen molar-refractivity contribution in [2.75, 3.05) is 0 Å². The van der Waals surface area contributed by atoms with E-state index >= 15 is 0 Å². The third kappa shape index (κ3) is 2.11. The Morgan fingerprint density at radius 1 is 0.947 bits per heavy atom. The van der Waals surface area contributed by atoms with E-state index < -0.39 is 0 Å². The van der Waals surface area contributed by atoms with Crippen LogP contribution in [0.1, 0.15) is 22.7 Å². The van der Waals surface area contributed by atoms with Crippen molar-refractivity contribution in [2.24, 2.45) is 5.73 Å². The van der Waals surface area contributed by atoms with Gasteiger partial charge in [-0.1, -0.05) is 42.5 Å². The Balaban J connectivity index is 2.17. The van der Waals surface area contributed by atoms with Crippen molar-refractivity contribution >= 4 is 10.8 Å². The number of nitrogens with zero attached hydrogens (tertiary/aromatic N) is 1. The van der Waals surface area contributed by atoms with Crippen LogP contribution in [0.2, 0.25) is 0 Å². The highest BCUT2D eigenvalue weighted by Gasteiger charge is 2.13. The number of benzene rings is 2. The average Bonchev–Trinajstić information content (AvgIpc) is 2.46. The molecule has 94 valence electrons. The molecule has 0 radical (unpaired) electrons. The van der Waals surface area contributed by atoms with Gasteiger partial charge in [0.25, 0.3) is 0 Å². The number of fused-ring (bicyclic) bond motifs is 1. The van der Waals surface area contributed by atoms with Gasteiger partial charge in [-0.2, -0.15) is 0 Å². The van der Waals surface area contributed by atoms with Crippen LogP contribution >= 0.6 is 0 Å². The average molecular weight is 248 g/mol. The van der Waals surface area contributed by atoms with Gasteiger partial charge in [-0.25, -0.2) is 0 Å². The molecule has 1 atom stereocenters. The van der Waals surface area contributed by atoms with Crippen LogP contribution in [-0.2, 0) is 0 Å². The molecule has 1 aromatic heterocycles. The Morgan fingerprint density at radius 3 is 2.58 bits per heavy atom. The summed E-state index contributed by atoms with van der Waals surface area (Å²) in [5.74, 6) is 0. The van der Waals surface area contributed by atoms with Crippen molar-refractivity contribution in [3.05, 3.63) is 77.6 Å². The summed E-state index contributed by atoms with van der Waals surface area (Å²) in [6, 6.07) is 16.5. The predicted octanol–water partition coefficient (Wildman–Crippen LogP) is 3.59. The van der Waals surface area contributed by atoms with Gasteiger partial charge >= 0.3 is 0 Å². The summed E-state index contributed by atoms with van der Waals surface area (Å²) in [6.07, 6.45) is 3.66. The first-order valence-corrected chi connectivity index (χ1v) is 6.41. The van der Waals surface area contributed by atoms with Crippen LogP contribution < -0.4 is 5.73 Å². The van der Waals surface area contributed by atoms with Crippen molar-refractivity contribution in [3.63, 3.8) is 0 Å². The maximum Gasteiger partial charge on any atom is 0.0561 e. The van der Waals surface area contributed by atoms with Crippen molar-refractivity contribution < 1.29 is 0 Å². The molecule has 3 aromatic rings. The van der Waals surface area contributed by atoms with Gasteiger partial charge < -0.3 is 5.73 Å². The van der Waals surface area contributed by atoms with Gasteiger partial charge in [0.15, 0.2) is 0 Å². The maximum atomic E-state index is 6.46. The van der Waals surface area contributed by atoms with Gasteiger partial charge in [-0.3, -0.25) is 4.98 Å². The smallest absolute Gasteiger partial charge is 0.0561 e. The van der Waals surface area contributed by atoms with E-state index in [2.05, 4.69) is 47.4 Å². The first-order chi connectivity index (χ1) is 9.27. The summed E-state index contributed by atoms with van der Waals surface area (Å²) in [5, 5.41) is 2.44. The highest BCUT2D eigenvalue weighted by atomic mass is 14.7. The van der Waals surface area contributed by atoms with Crippen molar-refractivity contribution in [2.45, 2.75) is 13.0 Å². The first kappa shape index (κ1) is 11.9. The molecule has 0 bridgehead atoms. The summed E-state index contributed by atoms with van der Waals surface area (Å²) >= 11 is 0. The summed E-state index contributed by atoms with van der Waals surface area (Å²) in [6.45, 7) is 2.05. The Labute approximate surface area is 112 Å². The topological polar surface area (TPSA) is 38.9 Å². The van der Waals surface area contributed by atoms with Crippen LogP contribution in [-0.4, -0.2) is 4.98 Å². The number of pyridine rings is 1. The van der Waals surface area contributed by atoms with Gasteiger partial charge in [0, 0.05) is 12.4 Å². The minimum atomic E-state index is -0.117. The van der Waals surface area contributed by atoms with Gasteiger partial charge in [-0.05, 0) is 40.5 Å². The molecule has 2 N–H and O–H groups in total. The van der Waals surface area contributed by atoms with Crippen LogP contribution in [0.4, 0.5) is 0 Å². The van der Waals surface area contributed by atoms with E-state index in [-0.39, 0.29) is 6.04 Å². The highest BCUT2D eigenvalue weighted by Crippen LogP contribution is 2.28. The van der Waals surface area contributed by atoms with E-state index in [1.807, 2.05) is 19.2 Å². The zero-order valence-corrected chi connectivity index (χ0v) is 10.9. The Hall–Kier alpha value is -2.19. The summed E-state index contributed by atoms with van der Waals surface area (Å²) in [4.78, 5) is 4.13. The molecule has 0 aliphatic heterocycles. The lowest BCUT2D eigenvalue weighted by atomic mass is 9.93. The van der Waals surface area contributed by atoms with Gasteiger partial charge in [-0.15, -0.1) is 0 Å². The molecule has 0 spiro atoms. The fourth-order valence-corrected chi connectivity index (χ4v) is 2.52. The second kappa shape index (κ2) is 4.82. The van der Waals surface area contributed by atoms with Crippen molar-refractivity contribution in [1.29, 1.82) is 0 Å². The number of rotatable bonds is 2. The molecule has 2 nitrogen and oxygen atoms in total. The van der Waals surface area contributed by atoms with Gasteiger partial charge in [0.1, 0.15) is 0 Å². The number of hydrogen-bond donors (Lipinski definition) is 1. The van der Waals surface area contributed by atoms with Crippen LogP contribution in [0.5, 0.6) is 0 Å². The predicted molar refractivity (Wildman–Crippen MR) is 79.0 cm³/mol. The molecule has 0 amide bonds. The standard InChI is InChI=1S/C17H16N2/c1-12-11-19-10-9-14(12)17(18)16-8-4-6-13-5-2-3-7-15(13)16/h2-11,17H,18H2,1H3. The quantitative estimate of drug-likeness (QED) is 0.752. The van der Waals surface area contributed by atoms with Crippen LogP contribution in [0.25, 0.3) is 10.8 Å². The third-order valence-electron chi connectivity index (χ3n) is 3.56. The van der Waals surface area contributed by atoms with E-state index in [0.29, 0.717) is 0 Å². The molecule has 2 aromatic carbocycles. The van der Waals surface area contributed by atoms with E-state index in [1.54, 1.807) is 6.20 Å². The first-order valence-electron chi connectivity index (χ1n) is 6.41. The summed E-state index contributed by atoms with van der Waals surface area (Å²) in [7, 11) is 0. The lowest BCUT2D eigenvalue weighted by Crippen LogP contribution is -2.13. The largest absolute Gasteiger partial charge is 0.320 e. The normalized spacial score (nSPS) is 12.5. The van der Waals surface area contributed by atoms with Gasteiger partial charge in [0.05, 0.1) is 6.04 Å². The van der Waals surface area contributed by atoms with E-state index in [1.165, 1.54) is 10.8 Å². The molecule has 0 aliphatic carbocycles. The molecule has 2 heteroatoms. The van der Waals surface area contributed by atoms with Crippen LogP contribution in [0.15, 0.2) is 60.9 Å². The van der Waals surface area contributed by atoms with E-state index in [0.717, 1.165) is 16.7 Å². The Bertz CT molecular complexity index is 714. The summed E-state index contributed by atoms with van der Waals surface area (Å²) < 4.78 is 0. The van der Waals surface area contributed by atoms with Crippen molar-refractivity contribution in [3.8, 4) is 0 Å². The monoisotopic (exact) mass is 248 g/mol. The second-order valence-corrected chi connectivity index (χ2v) is 4.78. The van der Waals surface area contributed by atoms with E-state index in [4.69, 9.17) is 5.73 Å². The molecule has 1 heterocycles. The lowest BCUT2D eigenvalue weighted by Gasteiger charge is -2.17. The molecule has 0 aliphatic rings. The molecule has 0 saturated carbocycles. The minimum Gasteiger partial charge on any atom is -0.320 e. The Morgan fingerprint density at radius 2 is 1.74 bits per heavy atom. The summed E-state index contributed by atoms with van der Waals surface area (Å²) in [5.41, 5.74) is 9.87. The number of aryl methyl sites for hydroxylation is 1. The molecule has 0 saturated heterocycles. The Kier molecular flexibility index (Phi) is 3.02.